The Hall–Kier alpha value is -1.69. The van der Waals surface area contributed by atoms with E-state index in [0.29, 0.717) is 15.8 Å². The summed E-state index contributed by atoms with van der Waals surface area (Å²) in [4.78, 5) is 14.4. The van der Waals surface area contributed by atoms with Gasteiger partial charge in [0.05, 0.1) is 16.5 Å². The van der Waals surface area contributed by atoms with Gasteiger partial charge in [-0.1, -0.05) is 72.0 Å². The van der Waals surface area contributed by atoms with Crippen LogP contribution >= 0.6 is 35.6 Å². The van der Waals surface area contributed by atoms with Gasteiger partial charge in [0.25, 0.3) is 5.91 Å². The summed E-state index contributed by atoms with van der Waals surface area (Å²) in [6.07, 6.45) is 1.46. The van der Waals surface area contributed by atoms with Gasteiger partial charge in [-0.05, 0) is 23.8 Å². The van der Waals surface area contributed by atoms with Crippen molar-refractivity contribution < 1.29 is 9.18 Å². The van der Waals surface area contributed by atoms with Crippen molar-refractivity contribution in [3.05, 3.63) is 75.4 Å². The monoisotopic (exact) mass is 363 g/mol. The number of hydrogen-bond donors (Lipinski definition) is 0. The molecule has 0 radical (unpaired) electrons. The van der Waals surface area contributed by atoms with Crippen molar-refractivity contribution >= 4 is 51.9 Å². The van der Waals surface area contributed by atoms with Crippen LogP contribution in [0.3, 0.4) is 0 Å². The molecule has 1 amide bonds. The maximum atomic E-state index is 13.9. The fourth-order valence-electron chi connectivity index (χ4n) is 2.18. The van der Waals surface area contributed by atoms with E-state index >= 15 is 0 Å². The molecule has 6 heteroatoms. The number of thiocarbonyl (C=S) groups is 1. The van der Waals surface area contributed by atoms with Gasteiger partial charge in [-0.25, -0.2) is 4.39 Å². The fraction of sp³-hybridized carbons (Fsp3) is 0.0588. The lowest BCUT2D eigenvalue weighted by Gasteiger charge is -2.14. The topological polar surface area (TPSA) is 20.3 Å². The first-order chi connectivity index (χ1) is 11.1. The van der Waals surface area contributed by atoms with Crippen LogP contribution in [0.2, 0.25) is 5.02 Å². The molecule has 3 rings (SSSR count). The van der Waals surface area contributed by atoms with E-state index in [0.717, 1.165) is 17.3 Å². The molecule has 0 saturated carbocycles. The molecule has 1 aliphatic rings. The van der Waals surface area contributed by atoms with Gasteiger partial charge < -0.3 is 0 Å². The Morgan fingerprint density at radius 3 is 2.61 bits per heavy atom. The summed E-state index contributed by atoms with van der Waals surface area (Å²) in [5, 5.41) is 0.262. The van der Waals surface area contributed by atoms with Gasteiger partial charge in [0.1, 0.15) is 10.1 Å². The number of nitrogens with zero attached hydrogens (tertiary/aromatic N) is 1. The highest BCUT2D eigenvalue weighted by Gasteiger charge is 2.32. The summed E-state index contributed by atoms with van der Waals surface area (Å²) < 4.78 is 14.3. The zero-order chi connectivity index (χ0) is 16.4. The number of carbonyl (C=O) groups excluding carboxylic acids is 1. The van der Waals surface area contributed by atoms with Crippen LogP contribution in [0.5, 0.6) is 0 Å². The van der Waals surface area contributed by atoms with Gasteiger partial charge in [0.15, 0.2) is 0 Å². The summed E-state index contributed by atoms with van der Waals surface area (Å²) in [7, 11) is 0. The van der Waals surface area contributed by atoms with Crippen LogP contribution in [0.15, 0.2) is 53.4 Å². The van der Waals surface area contributed by atoms with Gasteiger partial charge in [0.2, 0.25) is 0 Å². The second kappa shape index (κ2) is 6.83. The predicted molar refractivity (Wildman–Crippen MR) is 96.6 cm³/mol. The Labute approximate surface area is 147 Å². The number of thioether (sulfide) groups is 1. The van der Waals surface area contributed by atoms with Crippen molar-refractivity contribution in [3.63, 3.8) is 0 Å². The Kier molecular flexibility index (Phi) is 4.80. The molecule has 1 saturated heterocycles. The molecule has 1 aliphatic heterocycles. The Morgan fingerprint density at radius 1 is 1.17 bits per heavy atom. The van der Waals surface area contributed by atoms with Crippen molar-refractivity contribution in [1.82, 2.24) is 4.90 Å². The zero-order valence-electron chi connectivity index (χ0n) is 11.8. The van der Waals surface area contributed by atoms with E-state index in [4.69, 9.17) is 23.8 Å². The summed E-state index contributed by atoms with van der Waals surface area (Å²) in [5.41, 5.74) is 1.18. The number of amides is 1. The van der Waals surface area contributed by atoms with E-state index < -0.39 is 5.82 Å². The number of benzene rings is 2. The van der Waals surface area contributed by atoms with E-state index in [9.17, 15) is 9.18 Å². The normalized spacial score (nSPS) is 16.4. The molecule has 1 heterocycles. The highest BCUT2D eigenvalue weighted by Crippen LogP contribution is 2.35. The Balaban J connectivity index is 1.88. The molecular formula is C17H11ClFNOS2. The predicted octanol–water partition coefficient (Wildman–Crippen LogP) is 4.88. The van der Waals surface area contributed by atoms with Crippen LogP contribution < -0.4 is 0 Å². The third kappa shape index (κ3) is 3.47. The Bertz CT molecular complexity index is 787. The third-order valence-electron chi connectivity index (χ3n) is 3.33. The SMILES string of the molecule is O=C1/C(=C/c2c(F)cccc2Cl)SC(=S)N1Cc1ccccc1. The van der Waals surface area contributed by atoms with Gasteiger partial charge in [-0.15, -0.1) is 0 Å². The van der Waals surface area contributed by atoms with Gasteiger partial charge >= 0.3 is 0 Å². The summed E-state index contributed by atoms with van der Waals surface area (Å²) in [6.45, 7) is 0.397. The summed E-state index contributed by atoms with van der Waals surface area (Å²) in [6, 6.07) is 14.0. The smallest absolute Gasteiger partial charge is 0.266 e. The van der Waals surface area contributed by atoms with Crippen LogP contribution in [0.1, 0.15) is 11.1 Å². The maximum absolute atomic E-state index is 13.9. The minimum absolute atomic E-state index is 0.203. The molecule has 0 spiro atoms. The molecule has 0 aromatic heterocycles. The van der Waals surface area contributed by atoms with Crippen LogP contribution in [0.4, 0.5) is 4.39 Å². The average molecular weight is 364 g/mol. The molecule has 0 atom stereocenters. The van der Waals surface area contributed by atoms with E-state index in [1.807, 2.05) is 30.3 Å². The third-order valence-corrected chi connectivity index (χ3v) is 5.04. The molecule has 2 aromatic rings. The number of rotatable bonds is 3. The summed E-state index contributed by atoms with van der Waals surface area (Å²) in [5.74, 6) is -0.700. The first-order valence-corrected chi connectivity index (χ1v) is 8.40. The molecule has 0 unspecified atom stereocenters. The zero-order valence-corrected chi connectivity index (χ0v) is 14.2. The van der Waals surface area contributed by atoms with Crippen LogP contribution in [-0.4, -0.2) is 15.1 Å². The second-order valence-electron chi connectivity index (χ2n) is 4.89. The Morgan fingerprint density at radius 2 is 1.91 bits per heavy atom. The van der Waals surface area contributed by atoms with Crippen LogP contribution in [-0.2, 0) is 11.3 Å². The first kappa shape index (κ1) is 16.2. The molecule has 2 nitrogen and oxygen atoms in total. The van der Waals surface area contributed by atoms with E-state index in [1.165, 1.54) is 23.1 Å². The number of hydrogen-bond acceptors (Lipinski definition) is 3. The average Bonchev–Trinajstić information content (AvgIpc) is 2.80. The lowest BCUT2D eigenvalue weighted by atomic mass is 10.2. The van der Waals surface area contributed by atoms with Crippen molar-refractivity contribution in [2.75, 3.05) is 0 Å². The highest BCUT2D eigenvalue weighted by molar-refractivity contribution is 8.26. The van der Waals surface area contributed by atoms with Gasteiger partial charge in [0, 0.05) is 5.56 Å². The van der Waals surface area contributed by atoms with E-state index in [-0.39, 0.29) is 16.5 Å². The summed E-state index contributed by atoms with van der Waals surface area (Å²) >= 11 is 12.4. The van der Waals surface area contributed by atoms with Crippen LogP contribution in [0, 0.1) is 5.82 Å². The van der Waals surface area contributed by atoms with Crippen molar-refractivity contribution in [2.45, 2.75) is 6.54 Å². The maximum Gasteiger partial charge on any atom is 0.266 e. The standard InChI is InChI=1S/C17H11ClFNOS2/c18-13-7-4-8-14(19)12(13)9-15-16(21)20(17(22)23-15)10-11-5-2-1-3-6-11/h1-9H,10H2/b15-9-. The molecule has 23 heavy (non-hydrogen) atoms. The molecular weight excluding hydrogens is 353 g/mol. The van der Waals surface area contributed by atoms with Crippen molar-refractivity contribution in [2.24, 2.45) is 0 Å². The minimum Gasteiger partial charge on any atom is -0.288 e. The highest BCUT2D eigenvalue weighted by atomic mass is 35.5. The second-order valence-corrected chi connectivity index (χ2v) is 6.97. The van der Waals surface area contributed by atoms with E-state index in [2.05, 4.69) is 0 Å². The molecule has 1 fully saturated rings. The number of halogens is 2. The first-order valence-electron chi connectivity index (χ1n) is 6.79. The fourth-order valence-corrected chi connectivity index (χ4v) is 3.64. The van der Waals surface area contributed by atoms with E-state index in [1.54, 1.807) is 6.07 Å². The van der Waals surface area contributed by atoms with Crippen molar-refractivity contribution in [3.8, 4) is 0 Å². The molecule has 0 bridgehead atoms. The van der Waals surface area contributed by atoms with Crippen molar-refractivity contribution in [1.29, 1.82) is 0 Å². The van der Waals surface area contributed by atoms with Gasteiger partial charge in [-0.2, -0.15) is 0 Å². The minimum atomic E-state index is -0.467. The molecule has 116 valence electrons. The molecule has 0 N–H and O–H groups in total. The molecule has 2 aromatic carbocycles. The largest absolute Gasteiger partial charge is 0.288 e. The van der Waals surface area contributed by atoms with Gasteiger partial charge in [-0.3, -0.25) is 9.69 Å². The molecule has 0 aliphatic carbocycles. The van der Waals surface area contributed by atoms with Crippen LogP contribution in [0.25, 0.3) is 6.08 Å². The quantitative estimate of drug-likeness (QED) is 0.572. The number of carbonyl (C=O) groups is 1. The lowest BCUT2D eigenvalue weighted by molar-refractivity contribution is -0.122. The lowest BCUT2D eigenvalue weighted by Crippen LogP contribution is -2.27.